The molecule has 1 N–H and O–H groups in total. The summed E-state index contributed by atoms with van der Waals surface area (Å²) in [5, 5.41) is 0. The van der Waals surface area contributed by atoms with E-state index in [0.717, 1.165) is 6.42 Å². The van der Waals surface area contributed by atoms with E-state index in [0.29, 0.717) is 12.8 Å². The third-order valence-electron chi connectivity index (χ3n) is 3.71. The lowest BCUT2D eigenvalue weighted by molar-refractivity contribution is -0.132. The number of Topliss-reactive ketones (excluding diaryl/α,β-unsaturated/α-hetero) is 1. The second kappa shape index (κ2) is 4.64. The summed E-state index contributed by atoms with van der Waals surface area (Å²) < 4.78 is 25.5. The van der Waals surface area contributed by atoms with Crippen LogP contribution in [0.3, 0.4) is 0 Å². The van der Waals surface area contributed by atoms with Crippen molar-refractivity contribution in [1.82, 2.24) is 4.72 Å². The highest BCUT2D eigenvalue weighted by atomic mass is 32.2. The van der Waals surface area contributed by atoms with E-state index in [9.17, 15) is 18.0 Å². The summed E-state index contributed by atoms with van der Waals surface area (Å²) in [6.45, 7) is 3.57. The van der Waals surface area contributed by atoms with E-state index in [2.05, 4.69) is 4.72 Å². The van der Waals surface area contributed by atoms with Crippen LogP contribution in [0.5, 0.6) is 0 Å². The smallest absolute Gasteiger partial charge is 0.237 e. The summed E-state index contributed by atoms with van der Waals surface area (Å²) in [5.74, 6) is -0.859. The van der Waals surface area contributed by atoms with Crippen LogP contribution < -0.4 is 4.72 Å². The number of carbonyl (C=O) groups is 2. The van der Waals surface area contributed by atoms with Gasteiger partial charge in [0.15, 0.2) is 0 Å². The Kier molecular flexibility index (Phi) is 3.49. The minimum atomic E-state index is -3.56. The third kappa shape index (κ3) is 2.74. The number of hydrogen-bond acceptors (Lipinski definition) is 4. The van der Waals surface area contributed by atoms with Gasteiger partial charge in [0.05, 0.1) is 5.75 Å². The molecule has 0 radical (unpaired) electrons. The molecule has 0 aromatic rings. The maximum atomic E-state index is 11.9. The normalized spacial score (nSPS) is 31.1. The van der Waals surface area contributed by atoms with Gasteiger partial charge in [0.1, 0.15) is 5.78 Å². The molecule has 6 heteroatoms. The molecule has 1 amide bonds. The molecule has 5 nitrogen and oxygen atoms in total. The van der Waals surface area contributed by atoms with Crippen LogP contribution in [0.1, 0.15) is 33.1 Å². The Labute approximate surface area is 107 Å². The molecule has 2 rings (SSSR count). The molecule has 2 saturated carbocycles. The maximum absolute atomic E-state index is 11.9. The molecule has 0 aromatic carbocycles. The first kappa shape index (κ1) is 13.5. The molecule has 18 heavy (non-hydrogen) atoms. The lowest BCUT2D eigenvalue weighted by Crippen LogP contribution is -2.41. The number of nitrogens with one attached hydrogen (secondary N) is 1. The Hall–Kier alpha value is -0.910. The molecule has 3 atom stereocenters. The summed E-state index contributed by atoms with van der Waals surface area (Å²) in [5.41, 5.74) is 0. The topological polar surface area (TPSA) is 80.3 Å². The van der Waals surface area contributed by atoms with Crippen LogP contribution in [0.4, 0.5) is 0 Å². The largest absolute Gasteiger partial charge is 0.299 e. The van der Waals surface area contributed by atoms with Gasteiger partial charge in [-0.3, -0.25) is 14.3 Å². The molecule has 2 aliphatic rings. The second-order valence-corrected chi connectivity index (χ2v) is 7.63. The fourth-order valence-corrected chi connectivity index (χ4v) is 4.52. The van der Waals surface area contributed by atoms with Crippen LogP contribution in [0.25, 0.3) is 0 Å². The molecule has 102 valence electrons. The van der Waals surface area contributed by atoms with Gasteiger partial charge in [0, 0.05) is 18.3 Å². The highest BCUT2D eigenvalue weighted by Gasteiger charge is 2.48. The van der Waals surface area contributed by atoms with Crippen molar-refractivity contribution in [3.05, 3.63) is 0 Å². The van der Waals surface area contributed by atoms with E-state index in [1.165, 1.54) is 0 Å². The van der Waals surface area contributed by atoms with E-state index >= 15 is 0 Å². The SMILES string of the molecule is CC(C)CS(=O)(=O)NC(=O)C1C[C@H]2CC(=O)[C@@H]1C2. The second-order valence-electron chi connectivity index (χ2n) is 5.86. The molecule has 0 aliphatic heterocycles. The van der Waals surface area contributed by atoms with Gasteiger partial charge < -0.3 is 0 Å². The molecular weight excluding hydrogens is 254 g/mol. The fourth-order valence-electron chi connectivity index (χ4n) is 3.10. The average Bonchev–Trinajstić information content (AvgIpc) is 2.72. The van der Waals surface area contributed by atoms with Crippen molar-refractivity contribution in [3.8, 4) is 0 Å². The lowest BCUT2D eigenvalue weighted by atomic mass is 9.87. The fraction of sp³-hybridized carbons (Fsp3) is 0.833. The van der Waals surface area contributed by atoms with Crippen LogP contribution in [0, 0.1) is 23.7 Å². The molecular formula is C12H19NO4S. The van der Waals surface area contributed by atoms with Gasteiger partial charge in [0.2, 0.25) is 15.9 Å². The van der Waals surface area contributed by atoms with Gasteiger partial charge in [-0.15, -0.1) is 0 Å². The first-order valence-corrected chi connectivity index (χ1v) is 8.01. The van der Waals surface area contributed by atoms with Crippen molar-refractivity contribution in [2.45, 2.75) is 33.1 Å². The Morgan fingerprint density at radius 1 is 1.39 bits per heavy atom. The van der Waals surface area contributed by atoms with Crippen molar-refractivity contribution in [2.75, 3.05) is 5.75 Å². The number of rotatable bonds is 4. The number of hydrogen-bond donors (Lipinski definition) is 1. The van der Waals surface area contributed by atoms with Crippen molar-refractivity contribution in [1.29, 1.82) is 0 Å². The van der Waals surface area contributed by atoms with Crippen molar-refractivity contribution >= 4 is 21.7 Å². The zero-order chi connectivity index (χ0) is 13.5. The minimum Gasteiger partial charge on any atom is -0.299 e. The molecule has 2 bridgehead atoms. The Morgan fingerprint density at radius 3 is 2.56 bits per heavy atom. The van der Waals surface area contributed by atoms with Crippen molar-refractivity contribution in [2.24, 2.45) is 23.7 Å². The number of fused-ring (bicyclic) bond motifs is 2. The van der Waals surface area contributed by atoms with E-state index < -0.39 is 21.8 Å². The van der Waals surface area contributed by atoms with Gasteiger partial charge >= 0.3 is 0 Å². The zero-order valence-electron chi connectivity index (χ0n) is 10.7. The minimum absolute atomic E-state index is 0.0306. The zero-order valence-corrected chi connectivity index (χ0v) is 11.5. The predicted octanol–water partition coefficient (Wildman–Crippen LogP) is 0.704. The monoisotopic (exact) mass is 273 g/mol. The summed E-state index contributed by atoms with van der Waals surface area (Å²) in [6.07, 6.45) is 1.97. The highest BCUT2D eigenvalue weighted by molar-refractivity contribution is 7.90. The average molecular weight is 273 g/mol. The highest BCUT2D eigenvalue weighted by Crippen LogP contribution is 2.46. The van der Waals surface area contributed by atoms with Crippen LogP contribution in [-0.4, -0.2) is 25.9 Å². The number of amides is 1. The maximum Gasteiger partial charge on any atom is 0.237 e. The quantitative estimate of drug-likeness (QED) is 0.817. The molecule has 2 aliphatic carbocycles. The van der Waals surface area contributed by atoms with E-state index in [-0.39, 0.29) is 29.3 Å². The van der Waals surface area contributed by atoms with E-state index in [1.54, 1.807) is 13.8 Å². The Balaban J connectivity index is 1.99. The van der Waals surface area contributed by atoms with Crippen LogP contribution in [-0.2, 0) is 19.6 Å². The molecule has 0 heterocycles. The van der Waals surface area contributed by atoms with Crippen LogP contribution in [0.2, 0.25) is 0 Å². The van der Waals surface area contributed by atoms with Crippen LogP contribution >= 0.6 is 0 Å². The molecule has 2 fully saturated rings. The van der Waals surface area contributed by atoms with E-state index in [4.69, 9.17) is 0 Å². The van der Waals surface area contributed by atoms with Crippen LogP contribution in [0.15, 0.2) is 0 Å². The lowest BCUT2D eigenvalue weighted by Gasteiger charge is -2.20. The van der Waals surface area contributed by atoms with Gasteiger partial charge in [0.25, 0.3) is 0 Å². The summed E-state index contributed by atoms with van der Waals surface area (Å²) in [4.78, 5) is 23.5. The standard InChI is InChI=1S/C12H19NO4S/c1-7(2)6-18(16,17)13-12(15)10-4-8-3-9(10)11(14)5-8/h7-10H,3-6H2,1-2H3,(H,13,15)/t8-,9+,10?/m0/s1. The molecule has 0 saturated heterocycles. The molecule has 0 spiro atoms. The Bertz CT molecular complexity index is 468. The number of sulfonamides is 1. The van der Waals surface area contributed by atoms with Gasteiger partial charge in [-0.25, -0.2) is 8.42 Å². The summed E-state index contributed by atoms with van der Waals surface area (Å²) in [7, 11) is -3.56. The molecule has 1 unspecified atom stereocenters. The summed E-state index contributed by atoms with van der Waals surface area (Å²) in [6, 6.07) is 0. The third-order valence-corrected chi connectivity index (χ3v) is 5.33. The van der Waals surface area contributed by atoms with Gasteiger partial charge in [-0.2, -0.15) is 0 Å². The number of carbonyl (C=O) groups excluding carboxylic acids is 2. The predicted molar refractivity (Wildman–Crippen MR) is 66.1 cm³/mol. The first-order chi connectivity index (χ1) is 8.28. The Morgan fingerprint density at radius 2 is 2.06 bits per heavy atom. The number of ketones is 1. The van der Waals surface area contributed by atoms with Gasteiger partial charge in [-0.1, -0.05) is 13.8 Å². The summed E-state index contributed by atoms with van der Waals surface area (Å²) >= 11 is 0. The first-order valence-electron chi connectivity index (χ1n) is 6.35. The van der Waals surface area contributed by atoms with Gasteiger partial charge in [-0.05, 0) is 24.7 Å². The molecule has 0 aromatic heterocycles. The van der Waals surface area contributed by atoms with Crippen molar-refractivity contribution < 1.29 is 18.0 Å². The van der Waals surface area contributed by atoms with Crippen molar-refractivity contribution in [3.63, 3.8) is 0 Å². The van der Waals surface area contributed by atoms with E-state index in [1.807, 2.05) is 0 Å².